The van der Waals surface area contributed by atoms with Crippen LogP contribution in [-0.4, -0.2) is 46.8 Å². The molecule has 0 bridgehead atoms. The number of hydrogen-bond acceptors (Lipinski definition) is 6. The van der Waals surface area contributed by atoms with Crippen molar-refractivity contribution in [2.24, 2.45) is 0 Å². The van der Waals surface area contributed by atoms with Crippen LogP contribution in [0.1, 0.15) is 26.3 Å². The maximum Gasteiger partial charge on any atom is 0.277 e. The average Bonchev–Trinajstić information content (AvgIpc) is 3.11. The Morgan fingerprint density at radius 3 is 2.41 bits per heavy atom. The van der Waals surface area contributed by atoms with Crippen molar-refractivity contribution >= 4 is 35.0 Å². The Labute approximate surface area is 166 Å². The van der Waals surface area contributed by atoms with Gasteiger partial charge >= 0.3 is 0 Å². The molecule has 0 spiro atoms. The highest BCUT2D eigenvalue weighted by molar-refractivity contribution is 6.36. The molecule has 8 heteroatoms. The van der Waals surface area contributed by atoms with Crippen LogP contribution < -0.4 is 10.2 Å². The number of imide groups is 2. The van der Waals surface area contributed by atoms with E-state index in [0.717, 1.165) is 21.4 Å². The van der Waals surface area contributed by atoms with Crippen molar-refractivity contribution < 1.29 is 24.3 Å². The Hall–Kier alpha value is -3.78. The van der Waals surface area contributed by atoms with Gasteiger partial charge in [0, 0.05) is 6.08 Å². The minimum atomic E-state index is -0.603. The Morgan fingerprint density at radius 1 is 0.931 bits per heavy atom. The van der Waals surface area contributed by atoms with Crippen molar-refractivity contribution in [2.75, 3.05) is 23.4 Å². The monoisotopic (exact) mass is 391 g/mol. The summed E-state index contributed by atoms with van der Waals surface area (Å²) in [5.41, 5.74) is 1.86. The smallest absolute Gasteiger partial charge is 0.277 e. The van der Waals surface area contributed by atoms with Crippen LogP contribution in [0.25, 0.3) is 0 Å². The second kappa shape index (κ2) is 6.99. The normalized spacial score (nSPS) is 15.9. The standard InChI is InChI=1S/C21H17N3O5/c1-12-5-2-3-8-16(12)24-19(27)13-6-4-7-14(18(13)21(24)29)22-15-11-17(26)23(9-10-25)20(15)28/h2-8,11,22,25H,9-10H2,1H3. The number of nitrogens with zero attached hydrogens (tertiary/aromatic N) is 2. The quantitative estimate of drug-likeness (QED) is 0.747. The molecule has 8 nitrogen and oxygen atoms in total. The molecule has 2 aromatic carbocycles. The fourth-order valence-corrected chi connectivity index (χ4v) is 3.48. The number of amides is 4. The molecule has 0 saturated carbocycles. The number of rotatable bonds is 5. The van der Waals surface area contributed by atoms with Crippen LogP contribution in [0.2, 0.25) is 0 Å². The van der Waals surface area contributed by atoms with Gasteiger partial charge in [-0.1, -0.05) is 24.3 Å². The van der Waals surface area contributed by atoms with Crippen molar-refractivity contribution in [3.05, 3.63) is 70.9 Å². The summed E-state index contributed by atoms with van der Waals surface area (Å²) in [4.78, 5) is 52.4. The number of nitrogens with one attached hydrogen (secondary N) is 1. The third-order valence-corrected chi connectivity index (χ3v) is 4.87. The summed E-state index contributed by atoms with van der Waals surface area (Å²) in [6.07, 6.45) is 1.11. The first-order valence-corrected chi connectivity index (χ1v) is 8.97. The number of β-amino-alcohol motifs (C(OH)–C–C–N with tert-alkyl or cyclic N) is 1. The molecule has 0 atom stereocenters. The maximum atomic E-state index is 13.1. The lowest BCUT2D eigenvalue weighted by molar-refractivity contribution is -0.137. The summed E-state index contributed by atoms with van der Waals surface area (Å²) in [6.45, 7) is 1.34. The zero-order chi connectivity index (χ0) is 20.7. The SMILES string of the molecule is Cc1ccccc1N1C(=O)c2cccc(NC3=CC(=O)N(CCO)C3=O)c2C1=O. The molecule has 4 amide bonds. The molecule has 0 saturated heterocycles. The van der Waals surface area contributed by atoms with Gasteiger partial charge in [0.25, 0.3) is 23.6 Å². The Morgan fingerprint density at radius 2 is 1.69 bits per heavy atom. The highest BCUT2D eigenvalue weighted by Gasteiger charge is 2.40. The Bertz CT molecular complexity index is 1110. The van der Waals surface area contributed by atoms with E-state index in [9.17, 15) is 19.2 Å². The van der Waals surface area contributed by atoms with E-state index in [2.05, 4.69) is 5.32 Å². The van der Waals surface area contributed by atoms with E-state index in [-0.39, 0.29) is 35.7 Å². The van der Waals surface area contributed by atoms with Crippen molar-refractivity contribution in [1.29, 1.82) is 0 Å². The van der Waals surface area contributed by atoms with E-state index in [1.807, 2.05) is 6.07 Å². The first-order chi connectivity index (χ1) is 13.9. The van der Waals surface area contributed by atoms with E-state index >= 15 is 0 Å². The van der Waals surface area contributed by atoms with Crippen LogP contribution in [0.15, 0.2) is 54.2 Å². The minimum Gasteiger partial charge on any atom is -0.395 e. The molecule has 4 rings (SSSR count). The summed E-state index contributed by atoms with van der Waals surface area (Å²) >= 11 is 0. The highest BCUT2D eigenvalue weighted by Crippen LogP contribution is 2.35. The van der Waals surface area contributed by atoms with Crippen LogP contribution in [0.4, 0.5) is 11.4 Å². The maximum absolute atomic E-state index is 13.1. The highest BCUT2D eigenvalue weighted by atomic mass is 16.3. The van der Waals surface area contributed by atoms with Gasteiger partial charge in [-0.05, 0) is 30.7 Å². The first-order valence-electron chi connectivity index (χ1n) is 8.97. The molecule has 0 fully saturated rings. The van der Waals surface area contributed by atoms with Gasteiger partial charge in [-0.15, -0.1) is 0 Å². The summed E-state index contributed by atoms with van der Waals surface area (Å²) in [5.74, 6) is -2.11. The fourth-order valence-electron chi connectivity index (χ4n) is 3.48. The third kappa shape index (κ3) is 2.90. The predicted octanol–water partition coefficient (Wildman–Crippen LogP) is 1.45. The van der Waals surface area contributed by atoms with Gasteiger partial charge in [-0.25, -0.2) is 4.90 Å². The zero-order valence-corrected chi connectivity index (χ0v) is 15.5. The van der Waals surface area contributed by atoms with Crippen molar-refractivity contribution in [1.82, 2.24) is 4.90 Å². The number of aliphatic hydroxyl groups is 1. The van der Waals surface area contributed by atoms with Gasteiger partial charge in [0.1, 0.15) is 5.70 Å². The van der Waals surface area contributed by atoms with Crippen LogP contribution in [0.5, 0.6) is 0 Å². The second-order valence-corrected chi connectivity index (χ2v) is 6.66. The number of carbonyl (C=O) groups is 4. The summed E-state index contributed by atoms with van der Waals surface area (Å²) in [5, 5.41) is 11.8. The molecular weight excluding hydrogens is 374 g/mol. The van der Waals surface area contributed by atoms with Gasteiger partial charge in [0.2, 0.25) is 0 Å². The number of carbonyl (C=O) groups excluding carboxylic acids is 4. The molecule has 0 aliphatic carbocycles. The zero-order valence-electron chi connectivity index (χ0n) is 15.5. The first kappa shape index (κ1) is 18.6. The number of fused-ring (bicyclic) bond motifs is 1. The van der Waals surface area contributed by atoms with Gasteiger partial charge in [-0.2, -0.15) is 0 Å². The molecular formula is C21H17N3O5. The van der Waals surface area contributed by atoms with Gasteiger partial charge in [-0.3, -0.25) is 24.1 Å². The lowest BCUT2D eigenvalue weighted by Gasteiger charge is -2.16. The molecule has 0 unspecified atom stereocenters. The number of aryl methyl sites for hydroxylation is 1. The molecule has 2 aliphatic rings. The van der Waals surface area contributed by atoms with Gasteiger partial charge in [0.05, 0.1) is 35.7 Å². The van der Waals surface area contributed by atoms with Crippen molar-refractivity contribution in [2.45, 2.75) is 6.92 Å². The van der Waals surface area contributed by atoms with Crippen LogP contribution in [0, 0.1) is 6.92 Å². The third-order valence-electron chi connectivity index (χ3n) is 4.87. The molecule has 2 N–H and O–H groups in total. The molecule has 0 radical (unpaired) electrons. The number of para-hydroxylation sites is 1. The number of benzene rings is 2. The topological polar surface area (TPSA) is 107 Å². The molecule has 29 heavy (non-hydrogen) atoms. The second-order valence-electron chi connectivity index (χ2n) is 6.66. The number of hydrogen-bond donors (Lipinski definition) is 2. The van der Waals surface area contributed by atoms with Crippen LogP contribution in [-0.2, 0) is 9.59 Å². The molecule has 2 aliphatic heterocycles. The van der Waals surface area contributed by atoms with E-state index < -0.39 is 23.6 Å². The van der Waals surface area contributed by atoms with Crippen LogP contribution >= 0.6 is 0 Å². The van der Waals surface area contributed by atoms with Gasteiger partial charge in [0.15, 0.2) is 0 Å². The fraction of sp³-hybridized carbons (Fsp3) is 0.143. The summed E-state index contributed by atoms with van der Waals surface area (Å²) in [7, 11) is 0. The van der Waals surface area contributed by atoms with E-state index in [1.165, 1.54) is 0 Å². The number of aliphatic hydroxyl groups excluding tert-OH is 1. The summed E-state index contributed by atoms with van der Waals surface area (Å²) < 4.78 is 0. The lowest BCUT2D eigenvalue weighted by atomic mass is 10.1. The largest absolute Gasteiger partial charge is 0.395 e. The number of anilines is 2. The predicted molar refractivity (Wildman–Crippen MR) is 104 cm³/mol. The molecule has 0 aromatic heterocycles. The van der Waals surface area contributed by atoms with E-state index in [0.29, 0.717) is 5.69 Å². The lowest BCUT2D eigenvalue weighted by Crippen LogP contribution is -2.34. The van der Waals surface area contributed by atoms with Crippen LogP contribution in [0.3, 0.4) is 0 Å². The van der Waals surface area contributed by atoms with E-state index in [4.69, 9.17) is 5.11 Å². The average molecular weight is 391 g/mol. The minimum absolute atomic E-state index is 0.0218. The van der Waals surface area contributed by atoms with Gasteiger partial charge < -0.3 is 10.4 Å². The van der Waals surface area contributed by atoms with E-state index in [1.54, 1.807) is 43.3 Å². The summed E-state index contributed by atoms with van der Waals surface area (Å²) in [6, 6.07) is 11.8. The van der Waals surface area contributed by atoms with Crippen molar-refractivity contribution in [3.63, 3.8) is 0 Å². The Kier molecular flexibility index (Phi) is 4.48. The van der Waals surface area contributed by atoms with Crippen molar-refractivity contribution in [3.8, 4) is 0 Å². The Balaban J connectivity index is 1.70. The molecule has 2 aromatic rings. The molecule has 2 heterocycles. The molecule has 146 valence electrons.